The fourth-order valence-corrected chi connectivity index (χ4v) is 2.16. The maximum absolute atomic E-state index is 12.0. The molecule has 0 bridgehead atoms. The van der Waals surface area contributed by atoms with Gasteiger partial charge in [0.2, 0.25) is 0 Å². The number of ether oxygens (including phenoxy) is 2. The highest BCUT2D eigenvalue weighted by molar-refractivity contribution is 5.95. The van der Waals surface area contributed by atoms with E-state index in [2.05, 4.69) is 10.9 Å². The van der Waals surface area contributed by atoms with E-state index in [0.717, 1.165) is 11.1 Å². The van der Waals surface area contributed by atoms with E-state index < -0.39 is 11.8 Å². The average molecular weight is 328 g/mol. The molecule has 6 heteroatoms. The largest absolute Gasteiger partial charge is 0.497 e. The highest BCUT2D eigenvalue weighted by Gasteiger charge is 2.10. The van der Waals surface area contributed by atoms with Crippen molar-refractivity contribution in [2.45, 2.75) is 13.8 Å². The number of carbonyl (C=O) groups is 2. The Morgan fingerprint density at radius 3 is 2.33 bits per heavy atom. The standard InChI is InChI=1S/C18H20N2O4/c1-12-6-4-7-13(2)17(12)24-11-16(21)19-20-18(22)14-8-5-9-15(10-14)23-3/h4-10H,11H2,1-3H3,(H,19,21)(H,20,22). The van der Waals surface area contributed by atoms with Crippen LogP contribution in [0.2, 0.25) is 0 Å². The summed E-state index contributed by atoms with van der Waals surface area (Å²) in [4.78, 5) is 23.8. The molecule has 0 heterocycles. The molecular formula is C18H20N2O4. The van der Waals surface area contributed by atoms with Crippen LogP contribution in [-0.2, 0) is 4.79 Å². The van der Waals surface area contributed by atoms with Gasteiger partial charge in [0.1, 0.15) is 11.5 Å². The van der Waals surface area contributed by atoms with Gasteiger partial charge in [0.15, 0.2) is 6.61 Å². The zero-order valence-corrected chi connectivity index (χ0v) is 13.9. The van der Waals surface area contributed by atoms with Crippen molar-refractivity contribution in [2.75, 3.05) is 13.7 Å². The number of rotatable bonds is 5. The van der Waals surface area contributed by atoms with Gasteiger partial charge in [-0.3, -0.25) is 20.4 Å². The van der Waals surface area contributed by atoms with E-state index in [4.69, 9.17) is 9.47 Å². The Balaban J connectivity index is 1.85. The van der Waals surface area contributed by atoms with Crippen molar-refractivity contribution in [3.8, 4) is 11.5 Å². The number of methoxy groups -OCH3 is 1. The molecule has 126 valence electrons. The summed E-state index contributed by atoms with van der Waals surface area (Å²) in [5.41, 5.74) is 6.94. The van der Waals surface area contributed by atoms with E-state index in [0.29, 0.717) is 17.1 Å². The molecule has 2 aromatic carbocycles. The van der Waals surface area contributed by atoms with Crippen LogP contribution in [0.15, 0.2) is 42.5 Å². The minimum Gasteiger partial charge on any atom is -0.497 e. The van der Waals surface area contributed by atoms with Gasteiger partial charge in [0.05, 0.1) is 7.11 Å². The molecular weight excluding hydrogens is 308 g/mol. The topological polar surface area (TPSA) is 76.7 Å². The molecule has 0 saturated carbocycles. The predicted molar refractivity (Wildman–Crippen MR) is 90.0 cm³/mol. The van der Waals surface area contributed by atoms with Crippen molar-refractivity contribution in [3.05, 3.63) is 59.2 Å². The van der Waals surface area contributed by atoms with Crippen molar-refractivity contribution in [1.29, 1.82) is 0 Å². The van der Waals surface area contributed by atoms with Gasteiger partial charge >= 0.3 is 0 Å². The molecule has 0 aliphatic carbocycles. The van der Waals surface area contributed by atoms with Crippen LogP contribution in [0.5, 0.6) is 11.5 Å². The SMILES string of the molecule is COc1cccc(C(=O)NNC(=O)COc2c(C)cccc2C)c1. The van der Waals surface area contributed by atoms with E-state index in [-0.39, 0.29) is 6.61 Å². The third-order valence-electron chi connectivity index (χ3n) is 3.40. The molecule has 2 rings (SSSR count). The van der Waals surface area contributed by atoms with Crippen LogP contribution in [-0.4, -0.2) is 25.5 Å². The number of amides is 2. The first kappa shape index (κ1) is 17.3. The van der Waals surface area contributed by atoms with Gasteiger partial charge < -0.3 is 9.47 Å². The monoisotopic (exact) mass is 328 g/mol. The fraction of sp³-hybridized carbons (Fsp3) is 0.222. The summed E-state index contributed by atoms with van der Waals surface area (Å²) in [6.45, 7) is 3.62. The quantitative estimate of drug-likeness (QED) is 0.825. The second-order valence-electron chi connectivity index (χ2n) is 5.24. The lowest BCUT2D eigenvalue weighted by atomic mass is 10.1. The van der Waals surface area contributed by atoms with Crippen LogP contribution in [0.3, 0.4) is 0 Å². The molecule has 0 aliphatic heterocycles. The Hall–Kier alpha value is -3.02. The normalized spacial score (nSPS) is 9.96. The summed E-state index contributed by atoms with van der Waals surface area (Å²) < 4.78 is 10.6. The Bertz CT molecular complexity index is 723. The lowest BCUT2D eigenvalue weighted by molar-refractivity contribution is -0.123. The van der Waals surface area contributed by atoms with Crippen molar-refractivity contribution >= 4 is 11.8 Å². The van der Waals surface area contributed by atoms with Crippen LogP contribution < -0.4 is 20.3 Å². The van der Waals surface area contributed by atoms with Gasteiger partial charge in [0, 0.05) is 5.56 Å². The zero-order valence-electron chi connectivity index (χ0n) is 13.9. The van der Waals surface area contributed by atoms with Crippen LogP contribution >= 0.6 is 0 Å². The zero-order chi connectivity index (χ0) is 17.5. The molecule has 0 unspecified atom stereocenters. The minimum atomic E-state index is -0.450. The molecule has 6 nitrogen and oxygen atoms in total. The number of hydrogen-bond acceptors (Lipinski definition) is 4. The number of aryl methyl sites for hydroxylation is 2. The van der Waals surface area contributed by atoms with E-state index in [1.807, 2.05) is 32.0 Å². The van der Waals surface area contributed by atoms with Gasteiger partial charge in [-0.15, -0.1) is 0 Å². The number of hydrogen-bond donors (Lipinski definition) is 2. The molecule has 0 spiro atoms. The number of benzene rings is 2. The van der Waals surface area contributed by atoms with Crippen LogP contribution in [0.1, 0.15) is 21.5 Å². The first-order valence-electron chi connectivity index (χ1n) is 7.43. The number of nitrogens with one attached hydrogen (secondary N) is 2. The molecule has 2 amide bonds. The maximum atomic E-state index is 12.0. The summed E-state index contributed by atoms with van der Waals surface area (Å²) in [5, 5.41) is 0. The second kappa shape index (κ2) is 8.01. The number of hydrazine groups is 1. The molecule has 24 heavy (non-hydrogen) atoms. The Morgan fingerprint density at radius 1 is 1.00 bits per heavy atom. The van der Waals surface area contributed by atoms with Gasteiger partial charge in [-0.05, 0) is 43.2 Å². The Kier molecular flexibility index (Phi) is 5.78. The van der Waals surface area contributed by atoms with E-state index >= 15 is 0 Å². The van der Waals surface area contributed by atoms with Gasteiger partial charge in [-0.2, -0.15) is 0 Å². The fourth-order valence-electron chi connectivity index (χ4n) is 2.16. The number of carbonyl (C=O) groups excluding carboxylic acids is 2. The minimum absolute atomic E-state index is 0.190. The highest BCUT2D eigenvalue weighted by Crippen LogP contribution is 2.21. The van der Waals surface area contributed by atoms with Crippen LogP contribution in [0, 0.1) is 13.8 Å². The van der Waals surface area contributed by atoms with Crippen molar-refractivity contribution in [3.63, 3.8) is 0 Å². The molecule has 0 fully saturated rings. The Morgan fingerprint density at radius 2 is 1.67 bits per heavy atom. The summed E-state index contributed by atoms with van der Waals surface area (Å²) in [5.74, 6) is 0.349. The third-order valence-corrected chi connectivity index (χ3v) is 3.40. The molecule has 2 N–H and O–H groups in total. The molecule has 0 saturated heterocycles. The van der Waals surface area contributed by atoms with Gasteiger partial charge in [-0.25, -0.2) is 0 Å². The second-order valence-corrected chi connectivity index (χ2v) is 5.24. The summed E-state index contributed by atoms with van der Waals surface area (Å²) in [6, 6.07) is 12.4. The summed E-state index contributed by atoms with van der Waals surface area (Å²) in [7, 11) is 1.52. The molecule has 2 aromatic rings. The van der Waals surface area contributed by atoms with Crippen LogP contribution in [0.25, 0.3) is 0 Å². The summed E-state index contributed by atoms with van der Waals surface area (Å²) >= 11 is 0. The first-order chi connectivity index (χ1) is 11.5. The predicted octanol–water partition coefficient (Wildman–Crippen LogP) is 2.15. The molecule has 0 aliphatic rings. The molecule has 0 atom stereocenters. The average Bonchev–Trinajstić information content (AvgIpc) is 2.59. The van der Waals surface area contributed by atoms with Crippen molar-refractivity contribution in [1.82, 2.24) is 10.9 Å². The molecule has 0 aromatic heterocycles. The third kappa shape index (κ3) is 4.49. The van der Waals surface area contributed by atoms with Gasteiger partial charge in [0.25, 0.3) is 11.8 Å². The lowest BCUT2D eigenvalue weighted by Crippen LogP contribution is -2.43. The van der Waals surface area contributed by atoms with E-state index in [1.54, 1.807) is 24.3 Å². The van der Waals surface area contributed by atoms with Crippen molar-refractivity contribution in [2.24, 2.45) is 0 Å². The first-order valence-corrected chi connectivity index (χ1v) is 7.43. The molecule has 0 radical (unpaired) electrons. The van der Waals surface area contributed by atoms with Gasteiger partial charge in [-0.1, -0.05) is 24.3 Å². The van der Waals surface area contributed by atoms with E-state index in [9.17, 15) is 9.59 Å². The summed E-state index contributed by atoms with van der Waals surface area (Å²) in [6.07, 6.45) is 0. The Labute approximate surface area is 140 Å². The van der Waals surface area contributed by atoms with E-state index in [1.165, 1.54) is 7.11 Å². The smallest absolute Gasteiger partial charge is 0.276 e. The lowest BCUT2D eigenvalue weighted by Gasteiger charge is -2.12. The number of para-hydroxylation sites is 1. The van der Waals surface area contributed by atoms with Crippen LogP contribution in [0.4, 0.5) is 0 Å². The highest BCUT2D eigenvalue weighted by atomic mass is 16.5. The van der Waals surface area contributed by atoms with Crippen molar-refractivity contribution < 1.29 is 19.1 Å². The maximum Gasteiger partial charge on any atom is 0.276 e.